The summed E-state index contributed by atoms with van der Waals surface area (Å²) in [7, 11) is 0. The Morgan fingerprint density at radius 2 is 2.27 bits per heavy atom. The van der Waals surface area contributed by atoms with Gasteiger partial charge in [-0.3, -0.25) is 4.79 Å². The van der Waals surface area contributed by atoms with Crippen LogP contribution in [0.3, 0.4) is 0 Å². The standard InChI is InChI=1S/C11H12BrClO2/c1-2-15-11-8(10(14)6-7-13)4-3-5-9(11)12/h3-5H,2,6-7H2,1H3. The van der Waals surface area contributed by atoms with Crippen LogP contribution < -0.4 is 4.74 Å². The van der Waals surface area contributed by atoms with Gasteiger partial charge in [-0.15, -0.1) is 11.6 Å². The predicted molar refractivity (Wildman–Crippen MR) is 65.0 cm³/mol. The van der Waals surface area contributed by atoms with Gasteiger partial charge < -0.3 is 4.74 Å². The minimum Gasteiger partial charge on any atom is -0.492 e. The van der Waals surface area contributed by atoms with E-state index in [4.69, 9.17) is 16.3 Å². The lowest BCUT2D eigenvalue weighted by Crippen LogP contribution is -2.05. The summed E-state index contributed by atoms with van der Waals surface area (Å²) in [5, 5.41) is 0. The Hall–Kier alpha value is -0.540. The van der Waals surface area contributed by atoms with Gasteiger partial charge in [0.1, 0.15) is 5.75 Å². The van der Waals surface area contributed by atoms with Crippen LogP contribution in [0.25, 0.3) is 0 Å². The van der Waals surface area contributed by atoms with E-state index in [9.17, 15) is 4.79 Å². The van der Waals surface area contributed by atoms with Gasteiger partial charge in [0.15, 0.2) is 5.78 Å². The third-order valence-corrected chi connectivity index (χ3v) is 2.69. The molecule has 0 amide bonds. The SMILES string of the molecule is CCOc1c(Br)cccc1C(=O)CCCl. The van der Waals surface area contributed by atoms with E-state index < -0.39 is 0 Å². The third kappa shape index (κ3) is 3.21. The first kappa shape index (κ1) is 12.5. The average molecular weight is 292 g/mol. The fraction of sp³-hybridized carbons (Fsp3) is 0.364. The Balaban J connectivity index is 3.04. The summed E-state index contributed by atoms with van der Waals surface area (Å²) in [4.78, 5) is 11.7. The fourth-order valence-electron chi connectivity index (χ4n) is 1.24. The largest absolute Gasteiger partial charge is 0.492 e. The van der Waals surface area contributed by atoms with Crippen LogP contribution in [-0.4, -0.2) is 18.3 Å². The van der Waals surface area contributed by atoms with Crippen molar-refractivity contribution in [3.05, 3.63) is 28.2 Å². The number of hydrogen-bond donors (Lipinski definition) is 0. The molecule has 1 aromatic rings. The molecule has 0 aliphatic carbocycles. The van der Waals surface area contributed by atoms with Crippen LogP contribution >= 0.6 is 27.5 Å². The Morgan fingerprint density at radius 1 is 1.53 bits per heavy atom. The summed E-state index contributed by atoms with van der Waals surface area (Å²) in [6.07, 6.45) is 0.331. The highest BCUT2D eigenvalue weighted by Gasteiger charge is 2.14. The van der Waals surface area contributed by atoms with Gasteiger partial charge in [-0.1, -0.05) is 6.07 Å². The molecule has 0 saturated carbocycles. The lowest BCUT2D eigenvalue weighted by molar-refractivity contribution is 0.0985. The average Bonchev–Trinajstić information content (AvgIpc) is 2.21. The molecule has 1 aromatic carbocycles. The van der Waals surface area contributed by atoms with E-state index in [0.717, 1.165) is 4.47 Å². The second-order valence-electron chi connectivity index (χ2n) is 2.91. The maximum absolute atomic E-state index is 11.7. The van der Waals surface area contributed by atoms with Crippen molar-refractivity contribution in [3.8, 4) is 5.75 Å². The number of ketones is 1. The van der Waals surface area contributed by atoms with Crippen LogP contribution in [0.15, 0.2) is 22.7 Å². The van der Waals surface area contributed by atoms with Gasteiger partial charge in [0.25, 0.3) is 0 Å². The summed E-state index contributed by atoms with van der Waals surface area (Å²) in [5.74, 6) is 0.946. The zero-order chi connectivity index (χ0) is 11.3. The Labute approximate surface area is 103 Å². The molecule has 0 unspecified atom stereocenters. The summed E-state index contributed by atoms with van der Waals surface area (Å²) < 4.78 is 6.22. The number of ether oxygens (including phenoxy) is 1. The molecule has 0 aliphatic heterocycles. The van der Waals surface area contributed by atoms with E-state index in [1.165, 1.54) is 0 Å². The zero-order valence-electron chi connectivity index (χ0n) is 8.43. The van der Waals surface area contributed by atoms with Crippen LogP contribution in [0, 0.1) is 0 Å². The Kier molecular flexibility index (Phi) is 5.12. The predicted octanol–water partition coefficient (Wildman–Crippen LogP) is 3.66. The second-order valence-corrected chi connectivity index (χ2v) is 4.14. The summed E-state index contributed by atoms with van der Waals surface area (Å²) in [6.45, 7) is 2.42. The molecule has 0 radical (unpaired) electrons. The van der Waals surface area contributed by atoms with Crippen LogP contribution in [0.2, 0.25) is 0 Å². The van der Waals surface area contributed by atoms with Crippen molar-refractivity contribution in [2.75, 3.05) is 12.5 Å². The number of benzene rings is 1. The molecule has 0 N–H and O–H groups in total. The smallest absolute Gasteiger partial charge is 0.167 e. The highest BCUT2D eigenvalue weighted by atomic mass is 79.9. The zero-order valence-corrected chi connectivity index (χ0v) is 10.8. The Morgan fingerprint density at radius 3 is 2.87 bits per heavy atom. The molecule has 0 bridgehead atoms. The normalized spacial score (nSPS) is 10.1. The van der Waals surface area contributed by atoms with Gasteiger partial charge in [-0.2, -0.15) is 0 Å². The quantitative estimate of drug-likeness (QED) is 0.611. The summed E-state index contributed by atoms with van der Waals surface area (Å²) in [5.41, 5.74) is 0.590. The third-order valence-electron chi connectivity index (χ3n) is 1.88. The van der Waals surface area contributed by atoms with Gasteiger partial charge >= 0.3 is 0 Å². The van der Waals surface area contributed by atoms with Gasteiger partial charge in [0.2, 0.25) is 0 Å². The topological polar surface area (TPSA) is 26.3 Å². The number of carbonyl (C=O) groups is 1. The first-order valence-electron chi connectivity index (χ1n) is 4.71. The Bertz CT molecular complexity index is 352. The van der Waals surface area contributed by atoms with E-state index >= 15 is 0 Å². The van der Waals surface area contributed by atoms with Crippen LogP contribution in [0.1, 0.15) is 23.7 Å². The molecule has 4 heteroatoms. The highest BCUT2D eigenvalue weighted by molar-refractivity contribution is 9.10. The highest BCUT2D eigenvalue weighted by Crippen LogP contribution is 2.29. The first-order valence-corrected chi connectivity index (χ1v) is 6.04. The van der Waals surface area contributed by atoms with Gasteiger partial charge in [0, 0.05) is 12.3 Å². The number of Topliss-reactive ketones (excluding diaryl/α,β-unsaturated/α-hetero) is 1. The maximum atomic E-state index is 11.7. The molecule has 0 atom stereocenters. The molecule has 82 valence electrons. The van der Waals surface area contributed by atoms with Crippen molar-refractivity contribution in [2.45, 2.75) is 13.3 Å². The molecule has 0 aliphatic rings. The van der Waals surface area contributed by atoms with E-state index in [-0.39, 0.29) is 5.78 Å². The molecule has 0 saturated heterocycles. The van der Waals surface area contributed by atoms with Crippen molar-refractivity contribution >= 4 is 33.3 Å². The van der Waals surface area contributed by atoms with E-state index in [0.29, 0.717) is 30.2 Å². The number of halogens is 2. The lowest BCUT2D eigenvalue weighted by Gasteiger charge is -2.10. The molecule has 0 aromatic heterocycles. The van der Waals surface area contributed by atoms with Crippen molar-refractivity contribution in [1.29, 1.82) is 0 Å². The molecule has 2 nitrogen and oxygen atoms in total. The van der Waals surface area contributed by atoms with Gasteiger partial charge in [0.05, 0.1) is 16.6 Å². The lowest BCUT2D eigenvalue weighted by atomic mass is 10.1. The number of hydrogen-bond acceptors (Lipinski definition) is 2. The molecule has 15 heavy (non-hydrogen) atoms. The van der Waals surface area contributed by atoms with Crippen molar-refractivity contribution in [1.82, 2.24) is 0 Å². The number of para-hydroxylation sites is 1. The molecular weight excluding hydrogens is 279 g/mol. The maximum Gasteiger partial charge on any atom is 0.167 e. The molecule has 0 spiro atoms. The summed E-state index contributed by atoms with van der Waals surface area (Å²) in [6, 6.07) is 5.42. The van der Waals surface area contributed by atoms with Crippen LogP contribution in [0.5, 0.6) is 5.75 Å². The van der Waals surface area contributed by atoms with Crippen molar-refractivity contribution < 1.29 is 9.53 Å². The van der Waals surface area contributed by atoms with E-state index in [1.807, 2.05) is 19.1 Å². The van der Waals surface area contributed by atoms with Crippen molar-refractivity contribution in [3.63, 3.8) is 0 Å². The van der Waals surface area contributed by atoms with Crippen LogP contribution in [-0.2, 0) is 0 Å². The first-order chi connectivity index (χ1) is 7.20. The van der Waals surface area contributed by atoms with E-state index in [1.54, 1.807) is 6.07 Å². The van der Waals surface area contributed by atoms with Crippen LogP contribution in [0.4, 0.5) is 0 Å². The van der Waals surface area contributed by atoms with Gasteiger partial charge in [-0.25, -0.2) is 0 Å². The molecular formula is C11H12BrClO2. The van der Waals surface area contributed by atoms with Gasteiger partial charge in [-0.05, 0) is 35.0 Å². The molecule has 1 rings (SSSR count). The van der Waals surface area contributed by atoms with Crippen molar-refractivity contribution in [2.24, 2.45) is 0 Å². The summed E-state index contributed by atoms with van der Waals surface area (Å²) >= 11 is 8.90. The minimum atomic E-state index is 0.00903. The minimum absolute atomic E-state index is 0.00903. The van der Waals surface area contributed by atoms with E-state index in [2.05, 4.69) is 15.9 Å². The number of alkyl halides is 1. The number of carbonyl (C=O) groups excluding carboxylic acids is 1. The second kappa shape index (κ2) is 6.13. The monoisotopic (exact) mass is 290 g/mol. The number of rotatable bonds is 5. The molecule has 0 heterocycles. The molecule has 0 fully saturated rings. The fourth-order valence-corrected chi connectivity index (χ4v) is 1.89.